The number of nitrogens with zero attached hydrogens (tertiary/aromatic N) is 9. The third kappa shape index (κ3) is 20.8. The molecule has 0 radical (unpaired) electrons. The van der Waals surface area contributed by atoms with Crippen LogP contribution in [0.1, 0.15) is 209 Å². The van der Waals surface area contributed by atoms with Gasteiger partial charge in [-0.3, -0.25) is 57.5 Å². The molecule has 0 aromatic rings. The highest BCUT2D eigenvalue weighted by Crippen LogP contribution is 2.50. The SMILES string of the molecule is CCC[C@H]1C(=O)N[C@@H]([C@@H](C)CC)C(=O)N(C2CC2)CC(=O)N(C)[C@H]2C/C=C\CCN(C2=O)[C@@H](CC2CCC(F)(F)CC2)C(=O)N(C)CC(=O)N[C@@H](CCC2CCC(Cl)C(Cl)C2)C(=O)N2C[C@H](OC(C)C)C[C@H]2C(=O)NC2(CC(C)(C)C2)C(=O)N(C)[C@@H](C2CCCC2)C(=O)N(C)[C@H](C(=O)N(C)C)CC(=O)N1C. The van der Waals surface area contributed by atoms with Crippen LogP contribution in [-0.4, -0.2) is 279 Å². The van der Waals surface area contributed by atoms with Crippen LogP contribution < -0.4 is 16.0 Å². The van der Waals surface area contributed by atoms with Gasteiger partial charge in [0.15, 0.2) is 0 Å². The van der Waals surface area contributed by atoms with E-state index in [1.54, 1.807) is 13.0 Å². The van der Waals surface area contributed by atoms with Crippen LogP contribution in [0.25, 0.3) is 0 Å². The Labute approximate surface area is 636 Å². The minimum atomic E-state index is -2.93. The summed E-state index contributed by atoms with van der Waals surface area (Å²) in [5.74, 6) is -12.0. The van der Waals surface area contributed by atoms with Gasteiger partial charge in [-0.15, -0.1) is 23.2 Å². The van der Waals surface area contributed by atoms with Crippen molar-refractivity contribution >= 4 is 94.1 Å². The zero-order valence-electron chi connectivity index (χ0n) is 65.3. The van der Waals surface area contributed by atoms with Crippen molar-refractivity contribution in [3.05, 3.63) is 12.2 Å². The maximum atomic E-state index is 15.9. The molecule has 12 amide bonds. The van der Waals surface area contributed by atoms with Gasteiger partial charge in [0.25, 0.3) is 0 Å². The predicted molar refractivity (Wildman–Crippen MR) is 397 cm³/mol. The van der Waals surface area contributed by atoms with Crippen LogP contribution in [0.15, 0.2) is 12.2 Å². The second-order valence-electron chi connectivity index (χ2n) is 33.5. The number of carbonyl (C=O) groups excluding carboxylic acids is 12. The Morgan fingerprint density at radius 2 is 1.32 bits per heavy atom. The molecule has 3 aliphatic heterocycles. The first kappa shape index (κ1) is 85.4. The lowest BCUT2D eigenvalue weighted by atomic mass is 9.58. The number of hydrogen-bond donors (Lipinski definition) is 3. The van der Waals surface area contributed by atoms with Gasteiger partial charge in [-0.05, 0) is 152 Å². The molecule has 0 aromatic heterocycles. The normalized spacial score (nSPS) is 31.8. The van der Waals surface area contributed by atoms with Gasteiger partial charge >= 0.3 is 0 Å². The second-order valence-corrected chi connectivity index (χ2v) is 34.6. The summed E-state index contributed by atoms with van der Waals surface area (Å²) in [7, 11) is 10.2. The number of hydrogen-bond acceptors (Lipinski definition) is 13. The highest BCUT2D eigenvalue weighted by molar-refractivity contribution is 6.30. The van der Waals surface area contributed by atoms with Crippen LogP contribution in [0.5, 0.6) is 0 Å². The fraction of sp³-hybridized carbons (Fsp3) is 0.818. The molecule has 8 aliphatic rings. The summed E-state index contributed by atoms with van der Waals surface area (Å²) in [5.41, 5.74) is -2.11. The van der Waals surface area contributed by atoms with Crippen molar-refractivity contribution in [1.82, 2.24) is 60.0 Å². The molecule has 3 N–H and O–H groups in total. The number of rotatable bonds is 14. The van der Waals surface area contributed by atoms with E-state index in [4.69, 9.17) is 27.9 Å². The number of likely N-dealkylation sites (N-methyl/N-ethyl adjacent to an activating group) is 6. The fourth-order valence-electron chi connectivity index (χ4n) is 17.7. The van der Waals surface area contributed by atoms with E-state index in [-0.39, 0.29) is 100 Å². The van der Waals surface area contributed by atoms with Gasteiger partial charge in [0.1, 0.15) is 60.4 Å². The predicted octanol–water partition coefficient (Wildman–Crippen LogP) is 6.87. The summed E-state index contributed by atoms with van der Waals surface area (Å²) in [6.45, 7) is 11.8. The molecule has 596 valence electrons. The maximum Gasteiger partial charge on any atom is 0.248 e. The molecule has 25 nitrogen and oxygen atoms in total. The topological polar surface area (TPSA) is 279 Å². The summed E-state index contributed by atoms with van der Waals surface area (Å²) in [6.07, 6.45) is 8.65. The molecule has 3 unspecified atom stereocenters. The van der Waals surface area contributed by atoms with Gasteiger partial charge in [-0.2, -0.15) is 0 Å². The van der Waals surface area contributed by atoms with E-state index in [0.29, 0.717) is 64.2 Å². The molecule has 106 heavy (non-hydrogen) atoms. The number of alkyl halides is 4. The third-order valence-electron chi connectivity index (χ3n) is 24.1. The van der Waals surface area contributed by atoms with E-state index in [1.807, 2.05) is 47.6 Å². The lowest BCUT2D eigenvalue weighted by Crippen LogP contribution is -2.71. The van der Waals surface area contributed by atoms with Crippen molar-refractivity contribution < 1.29 is 71.1 Å². The Morgan fingerprint density at radius 1 is 0.660 bits per heavy atom. The van der Waals surface area contributed by atoms with Crippen molar-refractivity contribution in [2.45, 2.75) is 298 Å². The van der Waals surface area contributed by atoms with Crippen molar-refractivity contribution in [3.63, 3.8) is 0 Å². The Morgan fingerprint density at radius 3 is 1.92 bits per heavy atom. The van der Waals surface area contributed by atoms with E-state index in [2.05, 4.69) is 16.0 Å². The summed E-state index contributed by atoms with van der Waals surface area (Å²) >= 11 is 13.3. The van der Waals surface area contributed by atoms with Gasteiger partial charge in [-0.1, -0.05) is 72.5 Å². The highest BCUT2D eigenvalue weighted by Gasteiger charge is 2.59. The third-order valence-corrected chi connectivity index (χ3v) is 25.2. The monoisotopic (exact) mass is 1530 g/mol. The standard InChI is InChI=1S/C77H122Cl2F2N12O13/c1-15-22-56-66(97)83-64(47(5)16-2)72(103)92(51-28-29-51)43-63(96)88(12)57-25-18-17-21-36-91(71(57)102)60(38-49-32-34-77(80,81)35-33-49)70(101)86(10)42-61(94)82-55(31-27-48-26-30-53(78)54(79)37-48)68(99)93-41-52(106-46(3)4)39-58(93)67(98)84-76(44-75(6,7)45-76)74(105)90(14)65(50-23-19-20-24-50)73(104)89(13)59(69(100)85(8)9)40-62(95)87(56)11/h17-18,46-60,64-65H,15-16,19-45H2,1-14H3,(H,82,94)(H,83,97)(H,84,98)/b18-17-/t47-,48?,52+,53?,54?,55-,56-,57-,58-,59-,60-,64-,65-/m0/s1. The van der Waals surface area contributed by atoms with Gasteiger partial charge in [-0.25, -0.2) is 8.78 Å². The first-order valence-corrected chi connectivity index (χ1v) is 40.0. The zero-order valence-corrected chi connectivity index (χ0v) is 66.8. The Balaban J connectivity index is 1.22. The van der Waals surface area contributed by atoms with E-state index in [0.717, 1.165) is 17.7 Å². The molecule has 2 saturated heterocycles. The lowest BCUT2D eigenvalue weighted by Gasteiger charge is -2.54. The zero-order chi connectivity index (χ0) is 78.2. The smallest absolute Gasteiger partial charge is 0.248 e. The van der Waals surface area contributed by atoms with Crippen LogP contribution in [0.3, 0.4) is 0 Å². The molecule has 8 rings (SSSR count). The highest BCUT2D eigenvalue weighted by atomic mass is 35.5. The van der Waals surface area contributed by atoms with Crippen LogP contribution >= 0.6 is 23.2 Å². The van der Waals surface area contributed by atoms with Gasteiger partial charge < -0.3 is 64.8 Å². The number of nitrogens with one attached hydrogen (secondary N) is 3. The average Bonchev–Trinajstić information content (AvgIpc) is 0.748. The molecule has 13 atom stereocenters. The Kier molecular flexibility index (Phi) is 29.4. The van der Waals surface area contributed by atoms with E-state index in [9.17, 15) is 32.8 Å². The number of amides is 12. The van der Waals surface area contributed by atoms with Crippen molar-refractivity contribution in [2.75, 3.05) is 75.5 Å². The van der Waals surface area contributed by atoms with Crippen LogP contribution in [0.2, 0.25) is 0 Å². The molecule has 2 bridgehead atoms. The number of fused-ring (bicyclic) bond motifs is 3. The molecular formula is C77H122Cl2F2N12O13. The van der Waals surface area contributed by atoms with Crippen LogP contribution in [0.4, 0.5) is 8.78 Å². The van der Waals surface area contributed by atoms with Gasteiger partial charge in [0.2, 0.25) is 76.8 Å². The minimum absolute atomic E-state index is 0.00463. The summed E-state index contributed by atoms with van der Waals surface area (Å²) in [5, 5.41) is 8.42. The molecular weight excluding hydrogens is 1410 g/mol. The second kappa shape index (κ2) is 36.5. The molecule has 1 spiro atoms. The molecule has 5 aliphatic carbocycles. The Bertz CT molecular complexity index is 3210. The first-order chi connectivity index (χ1) is 49.8. The number of ether oxygens (including phenoxy) is 1. The fourth-order valence-corrected chi connectivity index (χ4v) is 18.3. The van der Waals surface area contributed by atoms with Crippen molar-refractivity contribution in [3.8, 4) is 0 Å². The number of carbonyl (C=O) groups is 12. The number of halogens is 4. The average molecular weight is 1530 g/mol. The summed E-state index contributed by atoms with van der Waals surface area (Å²) in [6, 6.07) is -10.5. The van der Waals surface area contributed by atoms with E-state index < -0.39 is 198 Å². The molecule has 7 fully saturated rings. The van der Waals surface area contributed by atoms with Gasteiger partial charge in [0, 0.05) is 93.1 Å². The van der Waals surface area contributed by atoms with Crippen LogP contribution in [0, 0.1) is 29.1 Å². The quantitative estimate of drug-likeness (QED) is 0.118. The van der Waals surface area contributed by atoms with Gasteiger partial charge in [0.05, 0.1) is 30.6 Å². The first-order valence-electron chi connectivity index (χ1n) is 39.1. The largest absolute Gasteiger partial charge is 0.374 e. The molecule has 3 heterocycles. The lowest BCUT2D eigenvalue weighted by molar-refractivity contribution is -0.161. The van der Waals surface area contributed by atoms with E-state index in [1.165, 1.54) is 88.5 Å². The summed E-state index contributed by atoms with van der Waals surface area (Å²) in [4.78, 5) is 195. The van der Waals surface area contributed by atoms with E-state index >= 15 is 33.6 Å². The molecule has 0 aromatic carbocycles. The van der Waals surface area contributed by atoms with Crippen molar-refractivity contribution in [1.29, 1.82) is 0 Å². The van der Waals surface area contributed by atoms with Crippen LogP contribution in [-0.2, 0) is 62.3 Å². The minimum Gasteiger partial charge on any atom is -0.374 e. The maximum absolute atomic E-state index is 15.9. The molecule has 29 heteroatoms. The Hall–Kier alpha value is -6.22. The molecule has 5 saturated carbocycles. The summed E-state index contributed by atoms with van der Waals surface area (Å²) < 4.78 is 36.1. The van der Waals surface area contributed by atoms with Crippen molar-refractivity contribution in [2.24, 2.45) is 29.1 Å².